The third-order valence-electron chi connectivity index (χ3n) is 6.06. The minimum atomic E-state index is 1.23. The molecule has 5 aromatic carbocycles. The third kappa shape index (κ3) is 3.88. The average molecular weight is 411 g/mol. The van der Waals surface area contributed by atoms with E-state index in [1.54, 1.807) is 0 Å². The Labute approximate surface area is 190 Å². The summed E-state index contributed by atoms with van der Waals surface area (Å²) in [6.45, 7) is 4.28. The Kier molecular flexibility index (Phi) is 5.44. The summed E-state index contributed by atoms with van der Waals surface area (Å²) >= 11 is 0. The largest absolute Gasteiger partial charge is 0.0622 e. The molecule has 0 heterocycles. The summed E-state index contributed by atoms with van der Waals surface area (Å²) in [5.74, 6) is 0. The molecule has 0 fully saturated rings. The van der Waals surface area contributed by atoms with Gasteiger partial charge < -0.3 is 0 Å². The highest BCUT2D eigenvalue weighted by atomic mass is 14.2. The van der Waals surface area contributed by atoms with Crippen LogP contribution >= 0.6 is 0 Å². The van der Waals surface area contributed by atoms with Crippen LogP contribution in [0.4, 0.5) is 0 Å². The highest BCUT2D eigenvalue weighted by Crippen LogP contribution is 2.45. The van der Waals surface area contributed by atoms with Crippen molar-refractivity contribution in [3.05, 3.63) is 132 Å². The highest BCUT2D eigenvalue weighted by Gasteiger charge is 2.19. The minimum Gasteiger partial charge on any atom is -0.0622 e. The van der Waals surface area contributed by atoms with Gasteiger partial charge in [-0.1, -0.05) is 132 Å². The summed E-state index contributed by atoms with van der Waals surface area (Å²) in [6.07, 6.45) is 0. The lowest BCUT2D eigenvalue weighted by molar-refractivity contribution is 1.45. The molecule has 0 heteroatoms. The average Bonchev–Trinajstić information content (AvgIpc) is 2.85. The molecule has 0 saturated carbocycles. The van der Waals surface area contributed by atoms with E-state index in [1.165, 1.54) is 55.6 Å². The van der Waals surface area contributed by atoms with E-state index in [9.17, 15) is 0 Å². The number of rotatable bonds is 4. The van der Waals surface area contributed by atoms with Crippen LogP contribution in [-0.2, 0) is 0 Å². The first-order valence-electron chi connectivity index (χ1n) is 11.1. The van der Waals surface area contributed by atoms with Gasteiger partial charge in [-0.05, 0) is 58.4 Å². The zero-order valence-electron chi connectivity index (χ0n) is 18.5. The van der Waals surface area contributed by atoms with Gasteiger partial charge in [0.1, 0.15) is 0 Å². The van der Waals surface area contributed by atoms with Crippen LogP contribution in [0.15, 0.2) is 121 Å². The molecular weight excluding hydrogens is 384 g/mol. The van der Waals surface area contributed by atoms with Crippen LogP contribution in [0.5, 0.6) is 0 Å². The number of hydrogen-bond acceptors (Lipinski definition) is 0. The monoisotopic (exact) mass is 410 g/mol. The Hall–Kier alpha value is -3.90. The molecule has 0 aromatic heterocycles. The maximum absolute atomic E-state index is 2.28. The molecule has 0 atom stereocenters. The van der Waals surface area contributed by atoms with Gasteiger partial charge in [0, 0.05) is 0 Å². The topological polar surface area (TPSA) is 0 Å². The quantitative estimate of drug-likeness (QED) is 0.277. The van der Waals surface area contributed by atoms with Crippen molar-refractivity contribution in [2.75, 3.05) is 0 Å². The van der Waals surface area contributed by atoms with E-state index < -0.39 is 0 Å². The first kappa shape index (κ1) is 20.0. The predicted octanol–water partition coefficient (Wildman–Crippen LogP) is 8.97. The Morgan fingerprint density at radius 2 is 0.656 bits per heavy atom. The number of benzene rings is 5. The fourth-order valence-electron chi connectivity index (χ4n) is 4.36. The molecule has 0 N–H and O–H groups in total. The molecule has 0 spiro atoms. The summed E-state index contributed by atoms with van der Waals surface area (Å²) in [6, 6.07) is 43.8. The third-order valence-corrected chi connectivity index (χ3v) is 6.06. The Balaban J connectivity index is 1.90. The SMILES string of the molecule is Cc1ccc(-c2c(-c3ccccc3)ccc(-c3ccccc3)c2-c2ccc(C)cc2)cc1. The van der Waals surface area contributed by atoms with Gasteiger partial charge in [0.15, 0.2) is 0 Å². The van der Waals surface area contributed by atoms with Crippen molar-refractivity contribution in [2.24, 2.45) is 0 Å². The van der Waals surface area contributed by atoms with Crippen LogP contribution < -0.4 is 0 Å². The van der Waals surface area contributed by atoms with E-state index >= 15 is 0 Å². The summed E-state index contributed by atoms with van der Waals surface area (Å²) in [7, 11) is 0. The maximum atomic E-state index is 2.28. The molecule has 0 radical (unpaired) electrons. The minimum absolute atomic E-state index is 1.23. The van der Waals surface area contributed by atoms with Crippen LogP contribution in [0, 0.1) is 13.8 Å². The van der Waals surface area contributed by atoms with Crippen molar-refractivity contribution in [3.8, 4) is 44.5 Å². The molecule has 5 rings (SSSR count). The summed E-state index contributed by atoms with van der Waals surface area (Å²) in [4.78, 5) is 0. The van der Waals surface area contributed by atoms with Gasteiger partial charge in [-0.25, -0.2) is 0 Å². The Morgan fingerprint density at radius 1 is 0.312 bits per heavy atom. The molecule has 0 bridgehead atoms. The van der Waals surface area contributed by atoms with Crippen molar-refractivity contribution in [1.29, 1.82) is 0 Å². The zero-order chi connectivity index (χ0) is 21.9. The van der Waals surface area contributed by atoms with Crippen LogP contribution in [0.3, 0.4) is 0 Å². The molecular formula is C32H26. The predicted molar refractivity (Wildman–Crippen MR) is 138 cm³/mol. The fourth-order valence-corrected chi connectivity index (χ4v) is 4.36. The fraction of sp³-hybridized carbons (Fsp3) is 0.0625. The highest BCUT2D eigenvalue weighted by molar-refractivity contribution is 6.01. The van der Waals surface area contributed by atoms with Crippen molar-refractivity contribution in [2.45, 2.75) is 13.8 Å². The zero-order valence-corrected chi connectivity index (χ0v) is 18.5. The van der Waals surface area contributed by atoms with E-state index in [2.05, 4.69) is 135 Å². The standard InChI is InChI=1S/C32H26/c1-23-13-17-27(18-14-23)31-29(25-9-5-3-6-10-25)21-22-30(26-11-7-4-8-12-26)32(31)28-19-15-24(2)16-20-28/h3-22H,1-2H3. The van der Waals surface area contributed by atoms with E-state index in [-0.39, 0.29) is 0 Å². The molecule has 32 heavy (non-hydrogen) atoms. The Bertz CT molecular complexity index is 1220. The number of hydrogen-bond donors (Lipinski definition) is 0. The van der Waals surface area contributed by atoms with E-state index in [0.717, 1.165) is 0 Å². The lowest BCUT2D eigenvalue weighted by atomic mass is 9.82. The van der Waals surface area contributed by atoms with Crippen LogP contribution in [0.25, 0.3) is 44.5 Å². The van der Waals surface area contributed by atoms with Crippen molar-refractivity contribution in [1.82, 2.24) is 0 Å². The van der Waals surface area contributed by atoms with Crippen LogP contribution in [-0.4, -0.2) is 0 Å². The van der Waals surface area contributed by atoms with Gasteiger partial charge in [-0.2, -0.15) is 0 Å². The van der Waals surface area contributed by atoms with Crippen molar-refractivity contribution >= 4 is 0 Å². The van der Waals surface area contributed by atoms with Gasteiger partial charge in [0.05, 0.1) is 0 Å². The first-order valence-corrected chi connectivity index (χ1v) is 11.1. The molecule has 5 aromatic rings. The van der Waals surface area contributed by atoms with Gasteiger partial charge in [-0.15, -0.1) is 0 Å². The smallest absolute Gasteiger partial charge is 0.00206 e. The summed E-state index contributed by atoms with van der Waals surface area (Å²) < 4.78 is 0. The lowest BCUT2D eigenvalue weighted by Crippen LogP contribution is -1.94. The molecule has 0 aliphatic heterocycles. The van der Waals surface area contributed by atoms with E-state index in [0.29, 0.717) is 0 Å². The summed E-state index contributed by atoms with van der Waals surface area (Å²) in [5.41, 5.74) is 12.5. The second-order valence-electron chi connectivity index (χ2n) is 8.37. The Morgan fingerprint density at radius 3 is 1.00 bits per heavy atom. The van der Waals surface area contributed by atoms with Gasteiger partial charge >= 0.3 is 0 Å². The van der Waals surface area contributed by atoms with Crippen molar-refractivity contribution < 1.29 is 0 Å². The lowest BCUT2D eigenvalue weighted by Gasteiger charge is -2.21. The van der Waals surface area contributed by atoms with Crippen molar-refractivity contribution in [3.63, 3.8) is 0 Å². The molecule has 0 aliphatic rings. The van der Waals surface area contributed by atoms with E-state index in [4.69, 9.17) is 0 Å². The van der Waals surface area contributed by atoms with Crippen LogP contribution in [0.1, 0.15) is 11.1 Å². The second kappa shape index (κ2) is 8.69. The summed E-state index contributed by atoms with van der Waals surface area (Å²) in [5, 5.41) is 0. The first-order chi connectivity index (χ1) is 15.7. The van der Waals surface area contributed by atoms with E-state index in [1.807, 2.05) is 0 Å². The normalized spacial score (nSPS) is 10.8. The molecule has 154 valence electrons. The van der Waals surface area contributed by atoms with Gasteiger partial charge in [0.2, 0.25) is 0 Å². The van der Waals surface area contributed by atoms with Gasteiger partial charge in [0.25, 0.3) is 0 Å². The van der Waals surface area contributed by atoms with Gasteiger partial charge in [-0.3, -0.25) is 0 Å². The second-order valence-corrected chi connectivity index (χ2v) is 8.37. The van der Waals surface area contributed by atoms with Crippen LogP contribution in [0.2, 0.25) is 0 Å². The molecule has 0 nitrogen and oxygen atoms in total. The molecule has 0 aliphatic carbocycles. The molecule has 0 saturated heterocycles. The molecule has 0 unspecified atom stereocenters. The maximum Gasteiger partial charge on any atom is -0.00206 e. The molecule has 0 amide bonds. The number of aryl methyl sites for hydroxylation is 2.